The van der Waals surface area contributed by atoms with Crippen molar-refractivity contribution in [2.24, 2.45) is 5.73 Å². The Kier molecular flexibility index (Phi) is 4.19. The Morgan fingerprint density at radius 1 is 1.47 bits per heavy atom. The zero-order valence-corrected chi connectivity index (χ0v) is 10.6. The molecular weight excluding hydrogens is 246 g/mol. The van der Waals surface area contributed by atoms with E-state index in [-0.39, 0.29) is 12.3 Å². The number of carbonyl (C=O) groups excluding carboxylic acids is 1. The monoisotopic (exact) mass is 261 g/mol. The van der Waals surface area contributed by atoms with Gasteiger partial charge in [0, 0.05) is 18.3 Å². The van der Waals surface area contributed by atoms with Gasteiger partial charge in [-0.25, -0.2) is 4.68 Å². The van der Waals surface area contributed by atoms with Crippen molar-refractivity contribution in [2.45, 2.75) is 20.0 Å². The molecular formula is C12H15N5O2. The van der Waals surface area contributed by atoms with Crippen LogP contribution in [-0.2, 0) is 13.1 Å². The van der Waals surface area contributed by atoms with Gasteiger partial charge < -0.3 is 10.5 Å². The first-order valence-corrected chi connectivity index (χ1v) is 5.93. The molecule has 7 heteroatoms. The molecule has 2 rings (SSSR count). The fraction of sp³-hybridized carbons (Fsp3) is 0.333. The molecule has 0 fully saturated rings. The maximum absolute atomic E-state index is 12.1. The highest BCUT2D eigenvalue weighted by molar-refractivity contribution is 5.95. The second-order valence-electron chi connectivity index (χ2n) is 3.88. The smallest absolute Gasteiger partial charge is 0.186 e. The fourth-order valence-electron chi connectivity index (χ4n) is 1.56. The molecule has 0 aromatic carbocycles. The summed E-state index contributed by atoms with van der Waals surface area (Å²) in [4.78, 5) is 16.0. The number of aromatic nitrogens is 4. The lowest BCUT2D eigenvalue weighted by Gasteiger charge is -2.04. The van der Waals surface area contributed by atoms with Crippen LogP contribution in [0.25, 0.3) is 0 Å². The third kappa shape index (κ3) is 3.35. The zero-order chi connectivity index (χ0) is 13.7. The molecule has 2 aromatic heterocycles. The van der Waals surface area contributed by atoms with Gasteiger partial charge >= 0.3 is 0 Å². The van der Waals surface area contributed by atoms with Crippen molar-refractivity contribution in [3.8, 4) is 5.75 Å². The molecule has 0 aliphatic rings. The third-order valence-electron chi connectivity index (χ3n) is 2.45. The molecule has 2 N–H and O–H groups in total. The molecule has 0 aliphatic carbocycles. The van der Waals surface area contributed by atoms with Crippen LogP contribution in [0.1, 0.15) is 23.0 Å². The highest BCUT2D eigenvalue weighted by Crippen LogP contribution is 2.12. The highest BCUT2D eigenvalue weighted by atomic mass is 16.5. The van der Waals surface area contributed by atoms with Gasteiger partial charge in [-0.05, 0) is 13.0 Å². The Bertz CT molecular complexity index is 567. The Morgan fingerprint density at radius 3 is 3.00 bits per heavy atom. The Morgan fingerprint density at radius 2 is 2.32 bits per heavy atom. The summed E-state index contributed by atoms with van der Waals surface area (Å²) in [5.74, 6) is 0.470. The van der Waals surface area contributed by atoms with E-state index in [0.29, 0.717) is 30.2 Å². The van der Waals surface area contributed by atoms with Crippen LogP contribution in [0.2, 0.25) is 0 Å². The summed E-state index contributed by atoms with van der Waals surface area (Å²) in [7, 11) is 0. The van der Waals surface area contributed by atoms with E-state index < -0.39 is 0 Å². The number of nitrogens with two attached hydrogens (primary N) is 1. The molecule has 7 nitrogen and oxygen atoms in total. The summed E-state index contributed by atoms with van der Waals surface area (Å²) in [5.41, 5.74) is 6.56. The molecule has 0 amide bonds. The normalized spacial score (nSPS) is 10.4. The standard InChI is InChI=1S/C12H15N5O2/c1-2-19-11-3-9(5-14-6-11)12(18)8-17-7-10(4-13)15-16-17/h3,5-7H,2,4,8,13H2,1H3. The van der Waals surface area contributed by atoms with Crippen molar-refractivity contribution in [1.29, 1.82) is 0 Å². The SMILES string of the molecule is CCOc1cncc(C(=O)Cn2cc(CN)nn2)c1. The molecule has 0 atom stereocenters. The first-order chi connectivity index (χ1) is 9.22. The summed E-state index contributed by atoms with van der Waals surface area (Å²) in [6, 6.07) is 1.67. The summed E-state index contributed by atoms with van der Waals surface area (Å²) >= 11 is 0. The van der Waals surface area contributed by atoms with Gasteiger partial charge in [-0.2, -0.15) is 0 Å². The second kappa shape index (κ2) is 6.05. The van der Waals surface area contributed by atoms with Crippen LogP contribution in [0.4, 0.5) is 0 Å². The Labute approximate surface area is 110 Å². The van der Waals surface area contributed by atoms with Crippen molar-refractivity contribution < 1.29 is 9.53 Å². The summed E-state index contributed by atoms with van der Waals surface area (Å²) < 4.78 is 6.76. The van der Waals surface area contributed by atoms with Crippen molar-refractivity contribution in [3.05, 3.63) is 35.9 Å². The Hall–Kier alpha value is -2.28. The minimum absolute atomic E-state index is 0.101. The summed E-state index contributed by atoms with van der Waals surface area (Å²) in [5, 5.41) is 7.65. The highest BCUT2D eigenvalue weighted by Gasteiger charge is 2.10. The van der Waals surface area contributed by atoms with Gasteiger partial charge in [-0.3, -0.25) is 9.78 Å². The minimum atomic E-state index is -0.109. The van der Waals surface area contributed by atoms with Crippen LogP contribution in [0.5, 0.6) is 5.75 Å². The van der Waals surface area contributed by atoms with Crippen LogP contribution in [0.3, 0.4) is 0 Å². The Balaban J connectivity index is 2.08. The fourth-order valence-corrected chi connectivity index (χ4v) is 1.56. The van der Waals surface area contributed by atoms with Gasteiger partial charge in [0.2, 0.25) is 0 Å². The van der Waals surface area contributed by atoms with E-state index in [0.717, 1.165) is 0 Å². The van der Waals surface area contributed by atoms with Gasteiger partial charge in [0.25, 0.3) is 0 Å². The first kappa shape index (κ1) is 13.2. The van der Waals surface area contributed by atoms with Gasteiger partial charge in [0.1, 0.15) is 12.3 Å². The molecule has 0 unspecified atom stereocenters. The molecule has 2 aromatic rings. The predicted octanol–water partition coefficient (Wildman–Crippen LogP) is 0.413. The first-order valence-electron chi connectivity index (χ1n) is 5.93. The van der Waals surface area contributed by atoms with Crippen molar-refractivity contribution in [1.82, 2.24) is 20.0 Å². The van der Waals surface area contributed by atoms with Crippen molar-refractivity contribution in [2.75, 3.05) is 6.61 Å². The lowest BCUT2D eigenvalue weighted by molar-refractivity contribution is 0.0966. The van der Waals surface area contributed by atoms with E-state index in [1.165, 1.54) is 10.9 Å². The quantitative estimate of drug-likeness (QED) is 0.757. The number of rotatable bonds is 6. The number of ketones is 1. The summed E-state index contributed by atoms with van der Waals surface area (Å²) in [6.45, 7) is 2.81. The predicted molar refractivity (Wildman–Crippen MR) is 67.6 cm³/mol. The van der Waals surface area contributed by atoms with Gasteiger partial charge in [0.15, 0.2) is 5.78 Å². The second-order valence-corrected chi connectivity index (χ2v) is 3.88. The molecule has 0 radical (unpaired) electrons. The van der Waals surface area contributed by atoms with Gasteiger partial charge in [0.05, 0.1) is 24.7 Å². The van der Waals surface area contributed by atoms with E-state index in [4.69, 9.17) is 10.5 Å². The molecule has 0 saturated carbocycles. The number of pyridine rings is 1. The number of ether oxygens (including phenoxy) is 1. The number of hydrogen-bond donors (Lipinski definition) is 1. The van der Waals surface area contributed by atoms with Gasteiger partial charge in [-0.15, -0.1) is 5.10 Å². The average Bonchev–Trinajstić information content (AvgIpc) is 2.87. The summed E-state index contributed by atoms with van der Waals surface area (Å²) in [6.07, 6.45) is 4.73. The van der Waals surface area contributed by atoms with Crippen molar-refractivity contribution in [3.63, 3.8) is 0 Å². The number of nitrogens with zero attached hydrogens (tertiary/aromatic N) is 4. The molecule has 0 bridgehead atoms. The molecule has 2 heterocycles. The zero-order valence-electron chi connectivity index (χ0n) is 10.6. The average molecular weight is 261 g/mol. The number of carbonyl (C=O) groups is 1. The largest absolute Gasteiger partial charge is 0.492 e. The lowest BCUT2D eigenvalue weighted by atomic mass is 10.2. The van der Waals surface area contributed by atoms with Gasteiger partial charge in [-0.1, -0.05) is 5.21 Å². The van der Waals surface area contributed by atoms with E-state index in [2.05, 4.69) is 15.3 Å². The van der Waals surface area contributed by atoms with Crippen molar-refractivity contribution >= 4 is 5.78 Å². The number of hydrogen-bond acceptors (Lipinski definition) is 6. The van der Waals surface area contributed by atoms with Crippen LogP contribution < -0.4 is 10.5 Å². The lowest BCUT2D eigenvalue weighted by Crippen LogP contribution is -2.11. The van der Waals surface area contributed by atoms with E-state index >= 15 is 0 Å². The molecule has 0 spiro atoms. The number of Topliss-reactive ketones (excluding diaryl/α,β-unsaturated/α-hetero) is 1. The van der Waals surface area contributed by atoms with Crippen LogP contribution >= 0.6 is 0 Å². The van der Waals surface area contributed by atoms with Crippen LogP contribution in [-0.4, -0.2) is 32.4 Å². The van der Waals surface area contributed by atoms with E-state index in [1.807, 2.05) is 6.92 Å². The minimum Gasteiger partial charge on any atom is -0.492 e. The maximum Gasteiger partial charge on any atom is 0.186 e. The topological polar surface area (TPSA) is 95.9 Å². The maximum atomic E-state index is 12.1. The molecule has 100 valence electrons. The molecule has 0 saturated heterocycles. The van der Waals surface area contributed by atoms with Crippen LogP contribution in [0.15, 0.2) is 24.7 Å². The molecule has 19 heavy (non-hydrogen) atoms. The van der Waals surface area contributed by atoms with Crippen LogP contribution in [0, 0.1) is 0 Å². The van der Waals surface area contributed by atoms with E-state index in [1.54, 1.807) is 18.5 Å². The molecule has 0 aliphatic heterocycles. The van der Waals surface area contributed by atoms with E-state index in [9.17, 15) is 4.79 Å². The third-order valence-corrected chi connectivity index (χ3v) is 2.45.